The lowest BCUT2D eigenvalue weighted by Gasteiger charge is -2.25. The van der Waals surface area contributed by atoms with E-state index in [1.54, 1.807) is 0 Å². The first kappa shape index (κ1) is 30.4. The maximum Gasteiger partial charge on any atom is 0.343 e. The normalized spacial score (nSPS) is 20.3. The highest BCUT2D eigenvalue weighted by Gasteiger charge is 2.53. The van der Waals surface area contributed by atoms with Crippen molar-refractivity contribution in [2.45, 2.75) is 38.6 Å². The Kier molecular flexibility index (Phi) is 9.28. The Morgan fingerprint density at radius 1 is 0.860 bits per heavy atom. The molecule has 1 saturated heterocycles. The molecule has 1 saturated carbocycles. The molecule has 1 aliphatic carbocycles. The Balaban J connectivity index is 1.25. The number of hydrogen-bond donors (Lipinski definition) is 0. The van der Waals surface area contributed by atoms with Crippen LogP contribution in [0, 0.1) is 17.8 Å². The van der Waals surface area contributed by atoms with E-state index >= 15 is 0 Å². The van der Waals surface area contributed by atoms with E-state index in [2.05, 4.69) is 6.92 Å². The fraction of sp³-hybridized carbons (Fsp3) is 0.303. The zero-order chi connectivity index (χ0) is 30.7. The zero-order valence-corrected chi connectivity index (χ0v) is 24.8. The SMILES string of the molecule is CC1CCC2C(=O)N(C(Cc3ccccc3)C(=O)OCC(=O)c3ccc(OC(=O)c4ccc(Cl)c(Cl)c4)cc3)C(=O)C2C1. The van der Waals surface area contributed by atoms with E-state index in [9.17, 15) is 24.0 Å². The summed E-state index contributed by atoms with van der Waals surface area (Å²) in [4.78, 5) is 66.5. The van der Waals surface area contributed by atoms with Gasteiger partial charge in [-0.25, -0.2) is 9.59 Å². The van der Waals surface area contributed by atoms with Crippen LogP contribution in [-0.4, -0.2) is 47.1 Å². The van der Waals surface area contributed by atoms with Gasteiger partial charge >= 0.3 is 11.9 Å². The van der Waals surface area contributed by atoms with Gasteiger partial charge in [-0.2, -0.15) is 0 Å². The first-order chi connectivity index (χ1) is 20.6. The predicted molar refractivity (Wildman–Crippen MR) is 159 cm³/mol. The maximum absolute atomic E-state index is 13.4. The van der Waals surface area contributed by atoms with Gasteiger partial charge < -0.3 is 9.47 Å². The number of fused-ring (bicyclic) bond motifs is 1. The number of rotatable bonds is 9. The molecule has 10 heteroatoms. The Hall–Kier alpha value is -4.01. The van der Waals surface area contributed by atoms with Crippen LogP contribution in [0.15, 0.2) is 72.8 Å². The van der Waals surface area contributed by atoms with Gasteiger partial charge in [0.05, 0.1) is 27.4 Å². The lowest BCUT2D eigenvalue weighted by atomic mass is 9.76. The number of imide groups is 1. The summed E-state index contributed by atoms with van der Waals surface area (Å²) >= 11 is 11.9. The van der Waals surface area contributed by atoms with Gasteiger partial charge in [0.15, 0.2) is 12.4 Å². The van der Waals surface area contributed by atoms with E-state index in [4.69, 9.17) is 32.7 Å². The fourth-order valence-electron chi connectivity index (χ4n) is 5.65. The largest absolute Gasteiger partial charge is 0.456 e. The number of nitrogens with zero attached hydrogens (tertiary/aromatic N) is 1. The number of ether oxygens (including phenoxy) is 2. The average Bonchev–Trinajstić information content (AvgIpc) is 3.24. The molecule has 8 nitrogen and oxygen atoms in total. The van der Waals surface area contributed by atoms with Gasteiger partial charge in [-0.05, 0) is 73.2 Å². The lowest BCUT2D eigenvalue weighted by molar-refractivity contribution is -0.158. The van der Waals surface area contributed by atoms with Crippen molar-refractivity contribution in [1.82, 2.24) is 4.90 Å². The molecule has 2 amide bonds. The average molecular weight is 623 g/mol. The van der Waals surface area contributed by atoms with E-state index in [1.807, 2.05) is 30.3 Å². The van der Waals surface area contributed by atoms with Gasteiger partial charge in [-0.1, -0.05) is 60.5 Å². The zero-order valence-electron chi connectivity index (χ0n) is 23.3. The fourth-order valence-corrected chi connectivity index (χ4v) is 5.95. The summed E-state index contributed by atoms with van der Waals surface area (Å²) in [5.41, 5.74) is 1.18. The van der Waals surface area contributed by atoms with Crippen LogP contribution in [0.4, 0.5) is 0 Å². The molecule has 222 valence electrons. The Labute approximate surface area is 258 Å². The smallest absolute Gasteiger partial charge is 0.343 e. The van der Waals surface area contributed by atoms with E-state index in [-0.39, 0.29) is 40.1 Å². The molecule has 3 aromatic carbocycles. The minimum Gasteiger partial charge on any atom is -0.456 e. The summed E-state index contributed by atoms with van der Waals surface area (Å²) in [6, 6.07) is 18.0. The molecule has 0 N–H and O–H groups in total. The number of carbonyl (C=O) groups is 5. The Morgan fingerprint density at radius 3 is 2.23 bits per heavy atom. The number of benzene rings is 3. The first-order valence-electron chi connectivity index (χ1n) is 14.0. The molecule has 1 aliphatic heterocycles. The van der Waals surface area contributed by atoms with E-state index in [0.29, 0.717) is 23.8 Å². The quantitative estimate of drug-likeness (QED) is 0.125. The Morgan fingerprint density at radius 2 is 1.53 bits per heavy atom. The summed E-state index contributed by atoms with van der Waals surface area (Å²) in [5, 5.41) is 0.517. The molecule has 4 atom stereocenters. The van der Waals surface area contributed by atoms with Crippen molar-refractivity contribution < 1.29 is 33.4 Å². The maximum atomic E-state index is 13.4. The number of amides is 2. The topological polar surface area (TPSA) is 107 Å². The highest BCUT2D eigenvalue weighted by Crippen LogP contribution is 2.41. The van der Waals surface area contributed by atoms with Gasteiger partial charge in [-0.3, -0.25) is 19.3 Å². The van der Waals surface area contributed by atoms with Crippen molar-refractivity contribution in [3.8, 4) is 5.75 Å². The summed E-state index contributed by atoms with van der Waals surface area (Å²) in [6.07, 6.45) is 2.15. The lowest BCUT2D eigenvalue weighted by Crippen LogP contribution is -2.48. The van der Waals surface area contributed by atoms with Crippen LogP contribution >= 0.6 is 23.2 Å². The summed E-state index contributed by atoms with van der Waals surface area (Å²) in [6.45, 7) is 1.47. The monoisotopic (exact) mass is 621 g/mol. The molecule has 0 bridgehead atoms. The number of halogens is 2. The molecular weight excluding hydrogens is 593 g/mol. The third kappa shape index (κ3) is 6.81. The number of esters is 2. The van der Waals surface area contributed by atoms with Crippen LogP contribution < -0.4 is 4.74 Å². The van der Waals surface area contributed by atoms with Gasteiger partial charge in [-0.15, -0.1) is 0 Å². The minimum atomic E-state index is -1.18. The molecule has 0 radical (unpaired) electrons. The molecule has 43 heavy (non-hydrogen) atoms. The van der Waals surface area contributed by atoms with E-state index in [0.717, 1.165) is 16.9 Å². The number of ketones is 1. The predicted octanol–water partition coefficient (Wildman–Crippen LogP) is 5.97. The molecule has 1 heterocycles. The molecule has 3 aromatic rings. The third-order valence-corrected chi connectivity index (χ3v) is 8.70. The van der Waals surface area contributed by atoms with Crippen LogP contribution in [0.5, 0.6) is 5.75 Å². The van der Waals surface area contributed by atoms with Crippen molar-refractivity contribution in [2.75, 3.05) is 6.61 Å². The summed E-state index contributed by atoms with van der Waals surface area (Å²) in [7, 11) is 0. The highest BCUT2D eigenvalue weighted by atomic mass is 35.5. The van der Waals surface area contributed by atoms with Crippen molar-refractivity contribution in [3.05, 3.63) is 99.5 Å². The van der Waals surface area contributed by atoms with E-state index in [1.165, 1.54) is 42.5 Å². The van der Waals surface area contributed by atoms with Gasteiger partial charge in [0, 0.05) is 12.0 Å². The molecule has 2 fully saturated rings. The first-order valence-corrected chi connectivity index (χ1v) is 14.8. The van der Waals surface area contributed by atoms with Crippen LogP contribution in [0.25, 0.3) is 0 Å². The molecule has 0 aromatic heterocycles. The Bertz CT molecular complexity index is 1560. The number of likely N-dealkylation sites (tertiary alicyclic amines) is 1. The second-order valence-electron chi connectivity index (χ2n) is 11.0. The molecular formula is C33H29Cl2NO7. The van der Waals surface area contributed by atoms with Crippen molar-refractivity contribution in [1.29, 1.82) is 0 Å². The van der Waals surface area contributed by atoms with Crippen LogP contribution in [0.3, 0.4) is 0 Å². The third-order valence-electron chi connectivity index (χ3n) is 7.97. The van der Waals surface area contributed by atoms with Crippen LogP contribution in [0.1, 0.15) is 52.5 Å². The molecule has 4 unspecified atom stereocenters. The van der Waals surface area contributed by atoms with Gasteiger partial charge in [0.25, 0.3) is 0 Å². The standard InChI is InChI=1S/C33H29Cl2NO7/c1-19-7-13-24-25(15-19)31(39)36(30(24)38)28(16-20-5-3-2-4-6-20)33(41)42-18-29(37)21-8-11-23(12-9-21)43-32(40)22-10-14-26(34)27(35)17-22/h2-6,8-12,14,17,19,24-25,28H,7,13,15-16,18H2,1H3. The van der Waals surface area contributed by atoms with E-state index < -0.39 is 42.2 Å². The van der Waals surface area contributed by atoms with Gasteiger partial charge in [0.2, 0.25) is 11.8 Å². The van der Waals surface area contributed by atoms with Crippen LogP contribution in [0.2, 0.25) is 10.0 Å². The molecule has 2 aliphatic rings. The molecule has 5 rings (SSSR count). The summed E-state index contributed by atoms with van der Waals surface area (Å²) < 4.78 is 10.7. The highest BCUT2D eigenvalue weighted by molar-refractivity contribution is 6.42. The summed E-state index contributed by atoms with van der Waals surface area (Å²) in [5.74, 6) is -3.04. The second-order valence-corrected chi connectivity index (χ2v) is 11.8. The van der Waals surface area contributed by atoms with Crippen molar-refractivity contribution >= 4 is 52.7 Å². The van der Waals surface area contributed by atoms with Crippen molar-refractivity contribution in [3.63, 3.8) is 0 Å². The second kappa shape index (κ2) is 13.1. The number of carbonyl (C=O) groups excluding carboxylic acids is 5. The van der Waals surface area contributed by atoms with Gasteiger partial charge in [0.1, 0.15) is 11.8 Å². The van der Waals surface area contributed by atoms with Crippen LogP contribution in [-0.2, 0) is 25.5 Å². The minimum absolute atomic E-state index is 0.0826. The number of Topliss-reactive ketones (excluding diaryl/α,β-unsaturated/α-hetero) is 1. The molecule has 0 spiro atoms. The van der Waals surface area contributed by atoms with Crippen molar-refractivity contribution in [2.24, 2.45) is 17.8 Å². The number of hydrogen-bond acceptors (Lipinski definition) is 7.